The molecule has 0 unspecified atom stereocenters. The molecular formula is C31H35ClN2O6. The fraction of sp³-hybridized carbons (Fsp3) is 0.387. The van der Waals surface area contributed by atoms with Crippen molar-refractivity contribution in [2.45, 2.75) is 37.6 Å². The molecule has 1 spiro atoms. The Labute approximate surface area is 239 Å². The van der Waals surface area contributed by atoms with E-state index < -0.39 is 6.10 Å². The molecular weight excluding hydrogens is 532 g/mol. The Morgan fingerprint density at radius 2 is 1.82 bits per heavy atom. The Morgan fingerprint density at radius 1 is 1.07 bits per heavy atom. The number of aliphatic hydroxyl groups is 1. The summed E-state index contributed by atoms with van der Waals surface area (Å²) in [7, 11) is 3.19. The highest BCUT2D eigenvalue weighted by molar-refractivity contribution is 6.30. The van der Waals surface area contributed by atoms with Crippen LogP contribution in [0.4, 0.5) is 0 Å². The summed E-state index contributed by atoms with van der Waals surface area (Å²) >= 11 is 6.16. The molecule has 3 aromatic carbocycles. The highest BCUT2D eigenvalue weighted by Gasteiger charge is 2.42. The number of piperidine rings is 1. The molecule has 0 aliphatic carbocycles. The van der Waals surface area contributed by atoms with Gasteiger partial charge in [-0.1, -0.05) is 23.7 Å². The normalized spacial score (nSPS) is 16.6. The van der Waals surface area contributed by atoms with Crippen LogP contribution in [0, 0.1) is 0 Å². The number of nitrogens with one attached hydrogen (secondary N) is 1. The predicted molar refractivity (Wildman–Crippen MR) is 153 cm³/mol. The highest BCUT2D eigenvalue weighted by Crippen LogP contribution is 2.42. The van der Waals surface area contributed by atoms with Crippen LogP contribution in [0.25, 0.3) is 0 Å². The summed E-state index contributed by atoms with van der Waals surface area (Å²) in [6.07, 6.45) is 1.89. The monoisotopic (exact) mass is 566 g/mol. The molecule has 40 heavy (non-hydrogen) atoms. The number of amides is 1. The van der Waals surface area contributed by atoms with Crippen molar-refractivity contribution in [3.63, 3.8) is 0 Å². The highest BCUT2D eigenvalue weighted by atomic mass is 35.5. The molecule has 2 aliphatic heterocycles. The third kappa shape index (κ3) is 6.63. The standard InChI is InChI=1S/C31H35ClN2O6/c1-33-30(36)27-9-8-26(38-19-21-3-6-25(37-2)7-4-21)16-29(27)39-20-24(35)18-34-13-11-31(12-14-34)17-22-15-23(32)5-10-28(22)40-31/h3-10,15-16,24,35H,11-14,17-20H2,1-2H3,(H,33,36)/t24-/m0/s1. The van der Waals surface area contributed by atoms with Crippen LogP contribution >= 0.6 is 11.6 Å². The van der Waals surface area contributed by atoms with Gasteiger partial charge in [-0.05, 0) is 53.6 Å². The lowest BCUT2D eigenvalue weighted by Crippen LogP contribution is -2.49. The third-order valence-electron chi connectivity index (χ3n) is 7.52. The van der Waals surface area contributed by atoms with Crippen molar-refractivity contribution in [3.05, 3.63) is 82.4 Å². The minimum Gasteiger partial charge on any atom is -0.497 e. The number of carbonyl (C=O) groups excluding carboxylic acids is 1. The molecule has 5 rings (SSSR count). The van der Waals surface area contributed by atoms with Gasteiger partial charge < -0.3 is 34.3 Å². The largest absolute Gasteiger partial charge is 0.497 e. The molecule has 2 aliphatic rings. The van der Waals surface area contributed by atoms with Gasteiger partial charge in [0.25, 0.3) is 5.91 Å². The van der Waals surface area contributed by atoms with Crippen LogP contribution in [0.3, 0.4) is 0 Å². The van der Waals surface area contributed by atoms with Crippen molar-refractivity contribution in [1.29, 1.82) is 0 Å². The van der Waals surface area contributed by atoms with Crippen molar-refractivity contribution in [3.8, 4) is 23.0 Å². The van der Waals surface area contributed by atoms with Gasteiger partial charge >= 0.3 is 0 Å². The Bertz CT molecular complexity index is 1320. The first-order chi connectivity index (χ1) is 19.4. The molecule has 0 radical (unpaired) electrons. The number of methoxy groups -OCH3 is 1. The smallest absolute Gasteiger partial charge is 0.254 e. The SMILES string of the molecule is CNC(=O)c1ccc(OCc2ccc(OC)cc2)cc1OC[C@@H](O)CN1CCC2(CC1)Cc1cc(Cl)ccc1O2. The molecule has 212 valence electrons. The van der Waals surface area contributed by atoms with E-state index in [-0.39, 0.29) is 18.1 Å². The molecule has 1 fully saturated rings. The molecule has 8 nitrogen and oxygen atoms in total. The number of likely N-dealkylation sites (tertiary alicyclic amines) is 1. The molecule has 0 bridgehead atoms. The molecule has 1 atom stereocenters. The zero-order valence-corrected chi connectivity index (χ0v) is 23.6. The van der Waals surface area contributed by atoms with Gasteiger partial charge in [0.2, 0.25) is 0 Å². The average Bonchev–Trinajstić information content (AvgIpc) is 3.33. The summed E-state index contributed by atoms with van der Waals surface area (Å²) in [6, 6.07) is 18.5. The van der Waals surface area contributed by atoms with Crippen LogP contribution in [-0.4, -0.2) is 68.0 Å². The predicted octanol–water partition coefficient (Wildman–Crippen LogP) is 4.50. The number of hydrogen-bond donors (Lipinski definition) is 2. The Morgan fingerprint density at radius 3 is 2.55 bits per heavy atom. The van der Waals surface area contributed by atoms with Crippen molar-refractivity contribution in [1.82, 2.24) is 10.2 Å². The number of carbonyl (C=O) groups is 1. The lowest BCUT2D eigenvalue weighted by atomic mass is 9.87. The number of ether oxygens (including phenoxy) is 4. The topological polar surface area (TPSA) is 89.5 Å². The summed E-state index contributed by atoms with van der Waals surface area (Å²) in [6.45, 7) is 2.50. The number of fused-ring (bicyclic) bond motifs is 1. The molecule has 0 saturated carbocycles. The second-order valence-corrected chi connectivity index (χ2v) is 10.8. The number of hydrogen-bond acceptors (Lipinski definition) is 7. The van der Waals surface area contributed by atoms with Crippen LogP contribution in [0.1, 0.15) is 34.3 Å². The second-order valence-electron chi connectivity index (χ2n) is 10.4. The van der Waals surface area contributed by atoms with Gasteiger partial charge in [-0.25, -0.2) is 0 Å². The quantitative estimate of drug-likeness (QED) is 0.373. The molecule has 2 N–H and O–H groups in total. The Hall–Kier alpha value is -3.46. The number of halogens is 1. The first-order valence-electron chi connectivity index (χ1n) is 13.5. The number of benzene rings is 3. The van der Waals surface area contributed by atoms with E-state index in [0.29, 0.717) is 30.2 Å². The maximum absolute atomic E-state index is 12.4. The van der Waals surface area contributed by atoms with Gasteiger partial charge in [-0.15, -0.1) is 0 Å². The molecule has 2 heterocycles. The number of nitrogens with zero attached hydrogens (tertiary/aromatic N) is 1. The summed E-state index contributed by atoms with van der Waals surface area (Å²) in [5.41, 5.74) is 2.33. The van der Waals surface area contributed by atoms with Gasteiger partial charge in [0.15, 0.2) is 0 Å². The summed E-state index contributed by atoms with van der Waals surface area (Å²) in [4.78, 5) is 14.7. The van der Waals surface area contributed by atoms with E-state index in [2.05, 4.69) is 10.2 Å². The fourth-order valence-corrected chi connectivity index (χ4v) is 5.48. The summed E-state index contributed by atoms with van der Waals surface area (Å²) < 4.78 is 23.4. The van der Waals surface area contributed by atoms with E-state index in [4.69, 9.17) is 30.5 Å². The molecule has 9 heteroatoms. The van der Waals surface area contributed by atoms with Gasteiger partial charge in [-0.3, -0.25) is 4.79 Å². The van der Waals surface area contributed by atoms with Crippen molar-refractivity contribution in [2.24, 2.45) is 0 Å². The zero-order chi connectivity index (χ0) is 28.1. The second kappa shape index (κ2) is 12.4. The fourth-order valence-electron chi connectivity index (χ4n) is 5.28. The van der Waals surface area contributed by atoms with E-state index >= 15 is 0 Å². The minimum atomic E-state index is -0.726. The first-order valence-corrected chi connectivity index (χ1v) is 13.9. The maximum Gasteiger partial charge on any atom is 0.254 e. The van der Waals surface area contributed by atoms with Crippen LogP contribution in [0.15, 0.2) is 60.7 Å². The van der Waals surface area contributed by atoms with Gasteiger partial charge in [0.05, 0.1) is 12.7 Å². The van der Waals surface area contributed by atoms with Crippen LogP contribution in [0.5, 0.6) is 23.0 Å². The summed E-state index contributed by atoms with van der Waals surface area (Å²) in [5.74, 6) is 2.35. The van der Waals surface area contributed by atoms with E-state index in [1.807, 2.05) is 42.5 Å². The number of β-amino-alcohol motifs (C(OH)–C–C–N with tert-alkyl or cyclic N) is 1. The Kier molecular flexibility index (Phi) is 8.69. The molecule has 0 aromatic heterocycles. The molecule has 1 amide bonds. The third-order valence-corrected chi connectivity index (χ3v) is 7.75. The first kappa shape index (κ1) is 28.1. The van der Waals surface area contributed by atoms with E-state index in [0.717, 1.165) is 60.0 Å². The maximum atomic E-state index is 12.4. The lowest BCUT2D eigenvalue weighted by molar-refractivity contribution is -0.00201. The van der Waals surface area contributed by atoms with Crippen molar-refractivity contribution >= 4 is 17.5 Å². The summed E-state index contributed by atoms with van der Waals surface area (Å²) in [5, 5.41) is 14.2. The average molecular weight is 567 g/mol. The molecule has 1 saturated heterocycles. The van der Waals surface area contributed by atoms with E-state index in [1.54, 1.807) is 32.4 Å². The zero-order valence-electron chi connectivity index (χ0n) is 22.8. The number of aliphatic hydroxyl groups excluding tert-OH is 1. The van der Waals surface area contributed by atoms with Crippen LogP contribution < -0.4 is 24.3 Å². The van der Waals surface area contributed by atoms with Crippen LogP contribution in [0.2, 0.25) is 5.02 Å². The van der Waals surface area contributed by atoms with Crippen molar-refractivity contribution in [2.75, 3.05) is 40.4 Å². The number of rotatable bonds is 10. The Balaban J connectivity index is 1.14. The van der Waals surface area contributed by atoms with Gasteiger partial charge in [0, 0.05) is 57.0 Å². The lowest BCUT2D eigenvalue weighted by Gasteiger charge is -2.39. The van der Waals surface area contributed by atoms with Crippen LogP contribution in [-0.2, 0) is 13.0 Å². The van der Waals surface area contributed by atoms with E-state index in [1.165, 1.54) is 0 Å². The van der Waals surface area contributed by atoms with Gasteiger partial charge in [0.1, 0.15) is 47.9 Å². The van der Waals surface area contributed by atoms with Crippen molar-refractivity contribution < 1.29 is 28.8 Å². The molecule has 3 aromatic rings. The van der Waals surface area contributed by atoms with E-state index in [9.17, 15) is 9.90 Å². The minimum absolute atomic E-state index is 0.0496. The van der Waals surface area contributed by atoms with Gasteiger partial charge in [-0.2, -0.15) is 0 Å².